The van der Waals surface area contributed by atoms with Crippen molar-refractivity contribution in [3.63, 3.8) is 0 Å². The van der Waals surface area contributed by atoms with Gasteiger partial charge in [0.2, 0.25) is 0 Å². The van der Waals surface area contributed by atoms with E-state index in [4.69, 9.17) is 6.58 Å². The van der Waals surface area contributed by atoms with E-state index in [9.17, 15) is 0 Å². The summed E-state index contributed by atoms with van der Waals surface area (Å²) in [5.41, 5.74) is 2.54. The van der Waals surface area contributed by atoms with Crippen molar-refractivity contribution in [1.82, 2.24) is 0 Å². The molecule has 0 aromatic heterocycles. The summed E-state index contributed by atoms with van der Waals surface area (Å²) in [5, 5.41) is 0. The molecular formula is C64H110. The number of rotatable bonds is 31. The van der Waals surface area contributed by atoms with Crippen LogP contribution in [0.1, 0.15) is 225 Å². The lowest BCUT2D eigenvalue weighted by Gasteiger charge is -2.92. The third kappa shape index (κ3) is 9.07. The number of unbranched alkanes of at least 4 members (excludes halogenated alkanes) is 1. The Kier molecular flexibility index (Phi) is 15.6. The molecule has 24 unspecified atom stereocenters. The highest BCUT2D eigenvalue weighted by molar-refractivity contribution is 5.40. The number of hydrogen-bond donors (Lipinski definition) is 0. The Labute approximate surface area is 400 Å². The van der Waals surface area contributed by atoms with E-state index in [0.29, 0.717) is 16.7 Å². The highest BCUT2D eigenvalue weighted by Gasteiger charge is 2.93. The fraction of sp³-hybridized carbons (Fsp3) is 0.938. The molecule has 0 aliphatic heterocycles. The molecular weight excluding hydrogens is 769 g/mol. The Morgan fingerprint density at radius 3 is 1.84 bits per heavy atom. The molecule has 0 bridgehead atoms. The van der Waals surface area contributed by atoms with E-state index < -0.39 is 0 Å². The van der Waals surface area contributed by atoms with Gasteiger partial charge in [-0.05, 0) is 236 Å². The first-order valence-electron chi connectivity index (χ1n) is 29.9. The van der Waals surface area contributed by atoms with Gasteiger partial charge in [-0.15, -0.1) is 0 Å². The van der Waals surface area contributed by atoms with Gasteiger partial charge < -0.3 is 0 Å². The maximum Gasteiger partial charge on any atom is -0.0182 e. The van der Waals surface area contributed by atoms with E-state index in [0.717, 1.165) is 65.1 Å². The normalized spacial score (nSPS) is 41.6. The Balaban J connectivity index is 0.790. The van der Waals surface area contributed by atoms with Crippen LogP contribution in [0.15, 0.2) is 24.3 Å². The number of hydrogen-bond acceptors (Lipinski definition) is 0. The Hall–Kier alpha value is -0.520. The maximum atomic E-state index is 4.79. The monoisotopic (exact) mass is 879 g/mol. The number of fused-ring (bicyclic) bond motifs is 19. The van der Waals surface area contributed by atoms with E-state index in [1.165, 1.54) is 187 Å². The van der Waals surface area contributed by atoms with Crippen molar-refractivity contribution < 1.29 is 0 Å². The first-order valence-corrected chi connectivity index (χ1v) is 29.9. The van der Waals surface area contributed by atoms with Crippen LogP contribution >= 0.6 is 0 Å². The molecule has 8 fully saturated rings. The van der Waals surface area contributed by atoms with Crippen LogP contribution in [0, 0.1) is 153 Å². The molecule has 0 nitrogen and oxygen atoms in total. The summed E-state index contributed by atoms with van der Waals surface area (Å²) in [7, 11) is 0. The molecule has 0 aromatic rings. The molecule has 0 saturated heterocycles. The molecule has 366 valence electrons. The van der Waals surface area contributed by atoms with Gasteiger partial charge in [0.15, 0.2) is 0 Å². The van der Waals surface area contributed by atoms with Crippen molar-refractivity contribution in [3.05, 3.63) is 24.3 Å². The van der Waals surface area contributed by atoms with E-state index in [-0.39, 0.29) is 0 Å². The highest BCUT2D eigenvalue weighted by Crippen LogP contribution is 2.97. The summed E-state index contributed by atoms with van der Waals surface area (Å²) in [6.07, 6.45) is 33.3. The smallest absolute Gasteiger partial charge is 0.0182 e. The molecule has 0 radical (unpaired) electrons. The molecule has 8 aliphatic carbocycles. The van der Waals surface area contributed by atoms with E-state index in [1.54, 1.807) is 18.4 Å². The zero-order valence-corrected chi connectivity index (χ0v) is 45.4. The van der Waals surface area contributed by atoms with Crippen LogP contribution in [0.4, 0.5) is 0 Å². The second-order valence-electron chi connectivity index (χ2n) is 28.5. The average Bonchev–Trinajstić information content (AvgIpc) is 3.73. The second kappa shape index (κ2) is 20.1. The minimum atomic E-state index is 0.301. The summed E-state index contributed by atoms with van der Waals surface area (Å²) in [4.78, 5) is 0. The van der Waals surface area contributed by atoms with Gasteiger partial charge >= 0.3 is 0 Å². The molecule has 0 heteroatoms. The minimum Gasteiger partial charge on any atom is -0.0999 e. The molecule has 24 atom stereocenters. The van der Waals surface area contributed by atoms with Crippen LogP contribution in [0.2, 0.25) is 0 Å². The van der Waals surface area contributed by atoms with Gasteiger partial charge in [-0.25, -0.2) is 0 Å². The molecule has 8 saturated carbocycles. The third-order valence-electron chi connectivity index (χ3n) is 23.4. The zero-order chi connectivity index (χ0) is 46.0. The van der Waals surface area contributed by atoms with Crippen LogP contribution in [0.3, 0.4) is 0 Å². The van der Waals surface area contributed by atoms with Gasteiger partial charge in [-0.1, -0.05) is 166 Å². The van der Waals surface area contributed by atoms with Crippen molar-refractivity contribution in [1.29, 1.82) is 0 Å². The molecule has 0 N–H and O–H groups in total. The fourth-order valence-corrected chi connectivity index (χ4v) is 19.9. The molecule has 8 rings (SSSR count). The SMILES string of the molecule is C=C(CCC(C)CC1(C)C2C3C4C5C6C7C8CC(CC(C)CCCC)C8C7C6C5C4C3C21)CCC(C)(C)C(C=CC(CC)CC(C)CCC)CCC(C)C(C)CC(CCC)CC(C)C. The standard InChI is InChI=1S/C64H110/c1-16-20-23-41(9)34-47-36-49-50(47)52-51(49)53-54(52)56-55(53)57-58(56)60-59(57)61-62(60)64(61,15)37-42(10)25-24-39(7)30-31-63(13,14)48(29-27-45(19-4)33-40(8)21-17-2)28-26-43(11)44(12)35-46(22-18-3)32-38(5)6/h27,29,38,40-62H,7,16-26,28,30-37H2,1-6,8-15H3. The highest BCUT2D eigenvalue weighted by atomic mass is 15.0. The predicted octanol–water partition coefficient (Wildman–Crippen LogP) is 19.0. The fourth-order valence-electron chi connectivity index (χ4n) is 19.9. The summed E-state index contributed by atoms with van der Waals surface area (Å²) in [5.74, 6) is 25.3. The number of allylic oxidation sites excluding steroid dienone is 3. The largest absolute Gasteiger partial charge is 0.0999 e. The van der Waals surface area contributed by atoms with E-state index in [1.807, 2.05) is 0 Å². The topological polar surface area (TPSA) is 0 Å². The van der Waals surface area contributed by atoms with Crippen LogP contribution in [-0.2, 0) is 0 Å². The lowest BCUT2D eigenvalue weighted by atomic mass is 9.13. The van der Waals surface area contributed by atoms with Gasteiger partial charge in [0, 0.05) is 0 Å². The predicted molar refractivity (Wildman–Crippen MR) is 279 cm³/mol. The van der Waals surface area contributed by atoms with Gasteiger partial charge in [-0.2, -0.15) is 0 Å². The quantitative estimate of drug-likeness (QED) is 0.0481. The molecule has 8 aliphatic rings. The van der Waals surface area contributed by atoms with Crippen molar-refractivity contribution >= 4 is 0 Å². The lowest BCUT2D eigenvalue weighted by Crippen LogP contribution is -2.88. The summed E-state index contributed by atoms with van der Waals surface area (Å²) in [6.45, 7) is 40.1. The molecule has 0 spiro atoms. The molecule has 64 heavy (non-hydrogen) atoms. The third-order valence-corrected chi connectivity index (χ3v) is 23.4. The molecule has 0 heterocycles. The van der Waals surface area contributed by atoms with Crippen molar-refractivity contribution in [2.45, 2.75) is 225 Å². The van der Waals surface area contributed by atoms with E-state index in [2.05, 4.69) is 109 Å². The first-order chi connectivity index (χ1) is 30.5. The Morgan fingerprint density at radius 1 is 0.609 bits per heavy atom. The summed E-state index contributed by atoms with van der Waals surface area (Å²) >= 11 is 0. The van der Waals surface area contributed by atoms with Crippen molar-refractivity contribution in [2.75, 3.05) is 0 Å². The molecule has 0 aromatic carbocycles. The van der Waals surface area contributed by atoms with Crippen molar-refractivity contribution in [2.24, 2.45) is 153 Å². The van der Waals surface area contributed by atoms with E-state index >= 15 is 0 Å². The van der Waals surface area contributed by atoms with Gasteiger partial charge in [0.05, 0.1) is 0 Å². The molecule has 0 amide bonds. The maximum absolute atomic E-state index is 4.79. The second-order valence-corrected chi connectivity index (χ2v) is 28.5. The minimum absolute atomic E-state index is 0.301. The van der Waals surface area contributed by atoms with Crippen LogP contribution in [-0.4, -0.2) is 0 Å². The van der Waals surface area contributed by atoms with Gasteiger partial charge in [-0.3, -0.25) is 0 Å². The van der Waals surface area contributed by atoms with Crippen molar-refractivity contribution in [3.8, 4) is 0 Å². The Morgan fingerprint density at radius 2 is 1.23 bits per heavy atom. The summed E-state index contributed by atoms with van der Waals surface area (Å²) < 4.78 is 0. The summed E-state index contributed by atoms with van der Waals surface area (Å²) in [6, 6.07) is 0. The lowest BCUT2D eigenvalue weighted by molar-refractivity contribution is -0.450. The van der Waals surface area contributed by atoms with Crippen LogP contribution < -0.4 is 0 Å². The Bertz CT molecular complexity index is 1560. The van der Waals surface area contributed by atoms with Gasteiger partial charge in [0.25, 0.3) is 0 Å². The van der Waals surface area contributed by atoms with Crippen LogP contribution in [0.5, 0.6) is 0 Å². The van der Waals surface area contributed by atoms with Crippen LogP contribution in [0.25, 0.3) is 0 Å². The van der Waals surface area contributed by atoms with Gasteiger partial charge in [0.1, 0.15) is 0 Å². The zero-order valence-electron chi connectivity index (χ0n) is 45.4. The first kappa shape index (κ1) is 49.9. The average molecular weight is 880 g/mol.